The zero-order valence-electron chi connectivity index (χ0n) is 20.7. The molecule has 3 aromatic carbocycles. The van der Waals surface area contributed by atoms with Gasteiger partial charge < -0.3 is 19.0 Å². The summed E-state index contributed by atoms with van der Waals surface area (Å²) in [6.07, 6.45) is 0. The lowest BCUT2D eigenvalue weighted by atomic mass is 9.94. The number of halogens is 1. The van der Waals surface area contributed by atoms with Gasteiger partial charge in [0.05, 0.1) is 25.8 Å². The lowest BCUT2D eigenvalue weighted by molar-refractivity contribution is -0.117. The van der Waals surface area contributed by atoms with Gasteiger partial charge in [-0.05, 0) is 60.9 Å². The topological polar surface area (TPSA) is 89.2 Å². The van der Waals surface area contributed by atoms with Gasteiger partial charge in [-0.2, -0.15) is 0 Å². The summed E-state index contributed by atoms with van der Waals surface area (Å²) in [5.41, 5.74) is 3.25. The van der Waals surface area contributed by atoms with Crippen LogP contribution < -0.4 is 14.4 Å². The molecule has 37 heavy (non-hydrogen) atoms. The number of carbonyl (C=O) groups is 2. The van der Waals surface area contributed by atoms with E-state index in [0.717, 1.165) is 11.1 Å². The second-order valence-electron chi connectivity index (χ2n) is 8.80. The number of Topliss-reactive ketones (excluding diaryl/α,β-unsaturated/α-hetero) is 1. The summed E-state index contributed by atoms with van der Waals surface area (Å²) in [5.74, 6) is -1.08. The lowest BCUT2D eigenvalue weighted by Gasteiger charge is -2.28. The molecule has 1 unspecified atom stereocenters. The fourth-order valence-corrected chi connectivity index (χ4v) is 4.91. The van der Waals surface area contributed by atoms with Crippen LogP contribution in [0.2, 0.25) is 5.02 Å². The van der Waals surface area contributed by atoms with Crippen molar-refractivity contribution < 1.29 is 28.6 Å². The minimum atomic E-state index is -0.922. The number of fused-ring (bicyclic) bond motifs is 1. The summed E-state index contributed by atoms with van der Waals surface area (Å²) in [4.78, 5) is 28.9. The van der Waals surface area contributed by atoms with Crippen LogP contribution in [0.1, 0.15) is 33.3 Å². The Labute approximate surface area is 218 Å². The number of ether oxygens (including phenoxy) is 2. The summed E-state index contributed by atoms with van der Waals surface area (Å²) in [7, 11) is 3.01. The average molecular weight is 518 g/mol. The monoisotopic (exact) mass is 517 g/mol. The van der Waals surface area contributed by atoms with Gasteiger partial charge in [-0.25, -0.2) is 0 Å². The van der Waals surface area contributed by atoms with Crippen molar-refractivity contribution in [2.75, 3.05) is 19.1 Å². The Kier molecular flexibility index (Phi) is 6.17. The maximum atomic E-state index is 13.9. The van der Waals surface area contributed by atoms with E-state index in [1.165, 1.54) is 25.2 Å². The summed E-state index contributed by atoms with van der Waals surface area (Å²) >= 11 is 6.19. The van der Waals surface area contributed by atoms with E-state index in [1.807, 2.05) is 26.0 Å². The number of furan rings is 1. The maximum absolute atomic E-state index is 13.9. The average Bonchev–Trinajstić information content (AvgIpc) is 3.43. The van der Waals surface area contributed by atoms with E-state index < -0.39 is 23.5 Å². The Balaban J connectivity index is 1.70. The van der Waals surface area contributed by atoms with E-state index in [9.17, 15) is 14.7 Å². The highest BCUT2D eigenvalue weighted by molar-refractivity contribution is 6.31. The number of aliphatic hydroxyl groups excluding tert-OH is 1. The van der Waals surface area contributed by atoms with Gasteiger partial charge in [0.2, 0.25) is 5.78 Å². The molecule has 0 radical (unpaired) electrons. The zero-order valence-corrected chi connectivity index (χ0v) is 21.4. The molecular formula is C29H24ClNO6. The quantitative estimate of drug-likeness (QED) is 0.293. The first-order valence-corrected chi connectivity index (χ1v) is 11.9. The molecule has 1 N–H and O–H groups in total. The van der Waals surface area contributed by atoms with Gasteiger partial charge in [0.15, 0.2) is 22.9 Å². The minimum absolute atomic E-state index is 0.0550. The van der Waals surface area contributed by atoms with Crippen LogP contribution in [0.5, 0.6) is 11.5 Å². The molecule has 1 aromatic heterocycles. The Hall–Kier alpha value is -4.23. The van der Waals surface area contributed by atoms with Gasteiger partial charge in [-0.3, -0.25) is 14.5 Å². The van der Waals surface area contributed by atoms with Gasteiger partial charge in [0.25, 0.3) is 5.91 Å². The zero-order chi connectivity index (χ0) is 26.4. The molecule has 1 aliphatic heterocycles. The molecule has 4 aromatic rings. The number of hydrogen-bond donors (Lipinski definition) is 1. The number of ketones is 1. The molecular weight excluding hydrogens is 494 g/mol. The second-order valence-corrected chi connectivity index (χ2v) is 9.24. The highest BCUT2D eigenvalue weighted by atomic mass is 35.5. The molecule has 1 atom stereocenters. The number of amides is 1. The number of nitrogens with zero attached hydrogens (tertiary/aromatic N) is 1. The van der Waals surface area contributed by atoms with Crippen LogP contribution in [0.3, 0.4) is 0 Å². The Bertz CT molecular complexity index is 1600. The summed E-state index contributed by atoms with van der Waals surface area (Å²) < 4.78 is 16.6. The standard InChI is InChI=1S/C29H24ClNO6/c1-15-7-5-10-21(16(15)2)31-25(17-8-6-9-20(12-17)35-3)24(27(33)29(31)34)26(32)22-13-18-11-19(30)14-23(36-4)28(18)37-22/h5-14,25,33H,1-4H3. The van der Waals surface area contributed by atoms with E-state index in [2.05, 4.69) is 0 Å². The number of aryl methyl sites for hydroxylation is 1. The molecule has 0 bridgehead atoms. The van der Waals surface area contributed by atoms with Crippen molar-refractivity contribution in [2.24, 2.45) is 0 Å². The van der Waals surface area contributed by atoms with Crippen molar-refractivity contribution in [3.05, 3.63) is 99.5 Å². The van der Waals surface area contributed by atoms with Crippen LogP contribution in [0.15, 0.2) is 76.4 Å². The van der Waals surface area contributed by atoms with Crippen molar-refractivity contribution in [1.82, 2.24) is 0 Å². The van der Waals surface area contributed by atoms with E-state index in [1.54, 1.807) is 42.5 Å². The first kappa shape index (κ1) is 24.5. The largest absolute Gasteiger partial charge is 0.503 e. The number of aliphatic hydroxyl groups is 1. The highest BCUT2D eigenvalue weighted by Gasteiger charge is 2.46. The Morgan fingerprint density at radius 1 is 1.03 bits per heavy atom. The third-order valence-corrected chi connectivity index (χ3v) is 6.91. The summed E-state index contributed by atoms with van der Waals surface area (Å²) in [6, 6.07) is 16.5. The normalized spacial score (nSPS) is 15.5. The first-order chi connectivity index (χ1) is 17.7. The first-order valence-electron chi connectivity index (χ1n) is 11.5. The summed E-state index contributed by atoms with van der Waals surface area (Å²) in [6.45, 7) is 3.83. The van der Waals surface area contributed by atoms with Crippen LogP contribution in [0, 0.1) is 13.8 Å². The van der Waals surface area contributed by atoms with E-state index in [-0.39, 0.29) is 11.3 Å². The van der Waals surface area contributed by atoms with Crippen LogP contribution in [0.25, 0.3) is 11.0 Å². The molecule has 5 rings (SSSR count). The number of methoxy groups -OCH3 is 2. The van der Waals surface area contributed by atoms with Crippen molar-refractivity contribution in [3.63, 3.8) is 0 Å². The third kappa shape index (κ3) is 4.01. The molecule has 7 nitrogen and oxygen atoms in total. The van der Waals surface area contributed by atoms with Crippen LogP contribution >= 0.6 is 11.6 Å². The molecule has 0 fully saturated rings. The highest BCUT2D eigenvalue weighted by Crippen LogP contribution is 2.44. The van der Waals surface area contributed by atoms with E-state index in [0.29, 0.717) is 38.7 Å². The molecule has 1 aliphatic rings. The molecule has 0 spiro atoms. The van der Waals surface area contributed by atoms with Crippen molar-refractivity contribution in [3.8, 4) is 11.5 Å². The van der Waals surface area contributed by atoms with Crippen molar-refractivity contribution in [2.45, 2.75) is 19.9 Å². The molecule has 0 aliphatic carbocycles. The van der Waals surface area contributed by atoms with Crippen LogP contribution in [-0.2, 0) is 4.79 Å². The number of benzene rings is 3. The van der Waals surface area contributed by atoms with Crippen LogP contribution in [-0.4, -0.2) is 31.0 Å². The second kappa shape index (κ2) is 9.33. The van der Waals surface area contributed by atoms with E-state index in [4.69, 9.17) is 25.5 Å². The van der Waals surface area contributed by atoms with Crippen molar-refractivity contribution >= 4 is 39.9 Å². The van der Waals surface area contributed by atoms with E-state index >= 15 is 0 Å². The van der Waals surface area contributed by atoms with Gasteiger partial charge in [-0.1, -0.05) is 35.9 Å². The Morgan fingerprint density at radius 2 is 1.78 bits per heavy atom. The smallest absolute Gasteiger partial charge is 0.294 e. The lowest BCUT2D eigenvalue weighted by Crippen LogP contribution is -2.31. The molecule has 0 saturated carbocycles. The summed E-state index contributed by atoms with van der Waals surface area (Å²) in [5, 5.41) is 12.1. The minimum Gasteiger partial charge on any atom is -0.503 e. The van der Waals surface area contributed by atoms with Gasteiger partial charge in [0, 0.05) is 22.2 Å². The third-order valence-electron chi connectivity index (χ3n) is 6.69. The fourth-order valence-electron chi connectivity index (χ4n) is 4.69. The molecule has 2 heterocycles. The number of hydrogen-bond acceptors (Lipinski definition) is 6. The molecule has 8 heteroatoms. The molecule has 1 amide bonds. The predicted octanol–water partition coefficient (Wildman–Crippen LogP) is 6.50. The number of anilines is 1. The number of carbonyl (C=O) groups excluding carboxylic acids is 2. The van der Waals surface area contributed by atoms with Gasteiger partial charge in [-0.15, -0.1) is 0 Å². The maximum Gasteiger partial charge on any atom is 0.294 e. The van der Waals surface area contributed by atoms with Crippen molar-refractivity contribution in [1.29, 1.82) is 0 Å². The fraction of sp³-hybridized carbons (Fsp3) is 0.172. The van der Waals surface area contributed by atoms with Gasteiger partial charge in [0.1, 0.15) is 5.75 Å². The van der Waals surface area contributed by atoms with Gasteiger partial charge >= 0.3 is 0 Å². The molecule has 188 valence electrons. The molecule has 0 saturated heterocycles. The SMILES string of the molecule is COc1cccc(C2C(C(=O)c3cc4cc(Cl)cc(OC)c4o3)=C(O)C(=O)N2c2cccc(C)c2C)c1. The number of rotatable bonds is 6. The Morgan fingerprint density at radius 3 is 2.51 bits per heavy atom. The van der Waals surface area contributed by atoms with Crippen LogP contribution in [0.4, 0.5) is 5.69 Å². The predicted molar refractivity (Wildman–Crippen MR) is 141 cm³/mol.